The van der Waals surface area contributed by atoms with Gasteiger partial charge in [-0.05, 0) is 24.4 Å². The Morgan fingerprint density at radius 1 is 1.39 bits per heavy atom. The van der Waals surface area contributed by atoms with E-state index in [1.807, 2.05) is 4.90 Å². The van der Waals surface area contributed by atoms with Gasteiger partial charge in [-0.25, -0.2) is 0 Å². The highest BCUT2D eigenvalue weighted by Crippen LogP contribution is 2.24. The summed E-state index contributed by atoms with van der Waals surface area (Å²) in [6.07, 6.45) is 1.72. The molecule has 0 radical (unpaired) electrons. The predicted octanol–water partition coefficient (Wildman–Crippen LogP) is 0.281. The minimum Gasteiger partial charge on any atom is -0.357 e. The van der Waals surface area contributed by atoms with Gasteiger partial charge in [0.05, 0.1) is 0 Å². The van der Waals surface area contributed by atoms with E-state index in [0.717, 1.165) is 19.4 Å². The van der Waals surface area contributed by atoms with Gasteiger partial charge < -0.3 is 15.5 Å². The lowest BCUT2D eigenvalue weighted by Gasteiger charge is -2.23. The molecule has 1 amide bonds. The van der Waals surface area contributed by atoms with E-state index in [0.29, 0.717) is 11.9 Å². The average Bonchev–Trinajstić information content (AvgIpc) is 2.86. The maximum atomic E-state index is 11.8. The summed E-state index contributed by atoms with van der Waals surface area (Å²) >= 11 is 5.84. The van der Waals surface area contributed by atoms with E-state index in [4.69, 9.17) is 11.6 Å². The Balaban J connectivity index is 2.29. The predicted molar refractivity (Wildman–Crippen MR) is 68.8 cm³/mol. The van der Waals surface area contributed by atoms with Crippen molar-refractivity contribution in [3.8, 4) is 0 Å². The van der Waals surface area contributed by atoms with Crippen LogP contribution in [0, 0.1) is 0 Å². The smallest absolute Gasteiger partial charge is 0.242 e. The summed E-state index contributed by atoms with van der Waals surface area (Å²) in [4.78, 5) is 25.8. The molecule has 7 nitrogen and oxygen atoms in total. The van der Waals surface area contributed by atoms with Crippen molar-refractivity contribution in [3.63, 3.8) is 0 Å². The Hall–Kier alpha value is -1.63. The zero-order chi connectivity index (χ0) is 13.1. The van der Waals surface area contributed by atoms with Gasteiger partial charge in [-0.3, -0.25) is 4.79 Å². The molecule has 1 aliphatic heterocycles. The van der Waals surface area contributed by atoms with Gasteiger partial charge >= 0.3 is 0 Å². The van der Waals surface area contributed by atoms with E-state index in [9.17, 15) is 4.79 Å². The second-order valence-corrected chi connectivity index (χ2v) is 4.28. The van der Waals surface area contributed by atoms with Crippen LogP contribution in [-0.2, 0) is 4.79 Å². The van der Waals surface area contributed by atoms with Gasteiger partial charge in [-0.2, -0.15) is 15.0 Å². The molecule has 8 heteroatoms. The molecule has 0 spiro atoms. The number of carbonyl (C=O) groups excluding carboxylic acids is 1. The summed E-state index contributed by atoms with van der Waals surface area (Å²) in [5.74, 6) is 0.799. The van der Waals surface area contributed by atoms with E-state index in [1.165, 1.54) is 0 Å². The number of aromatic nitrogens is 3. The SMILES string of the molecule is CNC(=O)C1CCCN1c1nc(Cl)nc(NC)n1. The Morgan fingerprint density at radius 2 is 2.17 bits per heavy atom. The zero-order valence-corrected chi connectivity index (χ0v) is 11.0. The van der Waals surface area contributed by atoms with Crippen molar-refractivity contribution in [2.45, 2.75) is 18.9 Å². The number of amides is 1. The summed E-state index contributed by atoms with van der Waals surface area (Å²) in [6, 6.07) is -0.238. The number of anilines is 2. The fraction of sp³-hybridized carbons (Fsp3) is 0.600. The minimum absolute atomic E-state index is 0.0324. The number of hydrogen-bond donors (Lipinski definition) is 2. The van der Waals surface area contributed by atoms with Crippen molar-refractivity contribution in [3.05, 3.63) is 5.28 Å². The third-order valence-corrected chi connectivity index (χ3v) is 3.05. The van der Waals surface area contributed by atoms with E-state index in [-0.39, 0.29) is 17.2 Å². The number of halogens is 1. The molecule has 1 saturated heterocycles. The van der Waals surface area contributed by atoms with Gasteiger partial charge in [0.25, 0.3) is 0 Å². The first-order chi connectivity index (χ1) is 8.65. The van der Waals surface area contributed by atoms with E-state index < -0.39 is 0 Å². The molecule has 2 heterocycles. The molecule has 0 saturated carbocycles. The van der Waals surface area contributed by atoms with Crippen LogP contribution in [0.5, 0.6) is 0 Å². The van der Waals surface area contributed by atoms with E-state index in [1.54, 1.807) is 14.1 Å². The molecule has 1 unspecified atom stereocenters. The van der Waals surface area contributed by atoms with Gasteiger partial charge in [0.1, 0.15) is 6.04 Å². The second-order valence-electron chi connectivity index (χ2n) is 3.94. The number of hydrogen-bond acceptors (Lipinski definition) is 6. The molecule has 0 aromatic carbocycles. The van der Waals surface area contributed by atoms with Crippen LogP contribution in [0.2, 0.25) is 5.28 Å². The molecule has 0 bridgehead atoms. The highest BCUT2D eigenvalue weighted by Gasteiger charge is 2.32. The Morgan fingerprint density at radius 3 is 2.83 bits per heavy atom. The fourth-order valence-corrected chi connectivity index (χ4v) is 2.18. The number of likely N-dealkylation sites (N-methyl/N-ethyl adjacent to an activating group) is 1. The zero-order valence-electron chi connectivity index (χ0n) is 10.3. The van der Waals surface area contributed by atoms with Crippen LogP contribution in [-0.4, -0.2) is 47.5 Å². The standard InChI is InChI=1S/C10H15ClN6O/c1-12-7(18)6-4-3-5-17(6)10-15-8(11)14-9(13-2)16-10/h6H,3-5H2,1-2H3,(H,12,18)(H,13,14,15,16). The van der Waals surface area contributed by atoms with Crippen LogP contribution in [0.3, 0.4) is 0 Å². The maximum absolute atomic E-state index is 11.8. The molecule has 1 aliphatic rings. The lowest BCUT2D eigenvalue weighted by molar-refractivity contribution is -0.121. The molecular weight excluding hydrogens is 256 g/mol. The Kier molecular flexibility index (Phi) is 3.81. The van der Waals surface area contributed by atoms with Crippen molar-refractivity contribution in [1.29, 1.82) is 0 Å². The quantitative estimate of drug-likeness (QED) is 0.821. The Bertz CT molecular complexity index is 454. The third kappa shape index (κ3) is 2.45. The van der Waals surface area contributed by atoms with Gasteiger partial charge in [-0.15, -0.1) is 0 Å². The molecule has 1 aromatic rings. The van der Waals surface area contributed by atoms with Crippen LogP contribution >= 0.6 is 11.6 Å². The lowest BCUT2D eigenvalue weighted by atomic mass is 10.2. The first-order valence-electron chi connectivity index (χ1n) is 5.73. The van der Waals surface area contributed by atoms with Crippen LogP contribution in [0.1, 0.15) is 12.8 Å². The van der Waals surface area contributed by atoms with E-state index >= 15 is 0 Å². The number of nitrogens with zero attached hydrogens (tertiary/aromatic N) is 4. The monoisotopic (exact) mass is 270 g/mol. The summed E-state index contributed by atoms with van der Waals surface area (Å²) in [5.41, 5.74) is 0. The summed E-state index contributed by atoms with van der Waals surface area (Å²) in [7, 11) is 3.33. The highest BCUT2D eigenvalue weighted by atomic mass is 35.5. The summed E-state index contributed by atoms with van der Waals surface area (Å²) < 4.78 is 0. The summed E-state index contributed by atoms with van der Waals surface area (Å²) in [6.45, 7) is 0.738. The highest BCUT2D eigenvalue weighted by molar-refractivity contribution is 6.28. The average molecular weight is 271 g/mol. The van der Waals surface area contributed by atoms with Crippen molar-refractivity contribution in [2.75, 3.05) is 30.9 Å². The van der Waals surface area contributed by atoms with Gasteiger partial charge in [0, 0.05) is 20.6 Å². The number of carbonyl (C=O) groups is 1. The van der Waals surface area contributed by atoms with Crippen molar-refractivity contribution < 1.29 is 4.79 Å². The lowest BCUT2D eigenvalue weighted by Crippen LogP contribution is -2.42. The second kappa shape index (κ2) is 5.34. The van der Waals surface area contributed by atoms with Crippen molar-refractivity contribution in [1.82, 2.24) is 20.3 Å². The largest absolute Gasteiger partial charge is 0.357 e. The third-order valence-electron chi connectivity index (χ3n) is 2.88. The molecule has 0 aliphatic carbocycles. The molecule has 2 rings (SSSR count). The van der Waals surface area contributed by atoms with Gasteiger partial charge in [0.2, 0.25) is 23.1 Å². The van der Waals surface area contributed by atoms with Crippen LogP contribution < -0.4 is 15.5 Å². The normalized spacial score (nSPS) is 18.8. The number of rotatable bonds is 3. The topological polar surface area (TPSA) is 83.0 Å². The van der Waals surface area contributed by atoms with Crippen molar-refractivity contribution in [2.24, 2.45) is 0 Å². The molecular formula is C10H15ClN6O. The number of nitrogens with one attached hydrogen (secondary N) is 2. The summed E-state index contributed by atoms with van der Waals surface area (Å²) in [5, 5.41) is 5.58. The minimum atomic E-state index is -0.238. The fourth-order valence-electron chi connectivity index (χ4n) is 2.03. The van der Waals surface area contributed by atoms with E-state index in [2.05, 4.69) is 25.6 Å². The first kappa shape index (κ1) is 12.8. The first-order valence-corrected chi connectivity index (χ1v) is 6.11. The molecule has 1 atom stereocenters. The Labute approximate surface area is 110 Å². The van der Waals surface area contributed by atoms with Gasteiger partial charge in [-0.1, -0.05) is 0 Å². The molecule has 1 aromatic heterocycles. The molecule has 98 valence electrons. The maximum Gasteiger partial charge on any atom is 0.242 e. The van der Waals surface area contributed by atoms with Gasteiger partial charge in [0.15, 0.2) is 0 Å². The van der Waals surface area contributed by atoms with Crippen LogP contribution in [0.15, 0.2) is 0 Å². The molecule has 2 N–H and O–H groups in total. The molecule has 1 fully saturated rings. The van der Waals surface area contributed by atoms with Crippen molar-refractivity contribution >= 4 is 29.4 Å². The van der Waals surface area contributed by atoms with Crippen LogP contribution in [0.25, 0.3) is 0 Å². The molecule has 18 heavy (non-hydrogen) atoms. The van der Waals surface area contributed by atoms with Crippen LogP contribution in [0.4, 0.5) is 11.9 Å².